The predicted octanol–water partition coefficient (Wildman–Crippen LogP) is 5.23. The van der Waals surface area contributed by atoms with Gasteiger partial charge in [0, 0.05) is 37.8 Å². The highest BCUT2D eigenvalue weighted by Crippen LogP contribution is 2.22. The summed E-state index contributed by atoms with van der Waals surface area (Å²) in [6, 6.07) is 21.4. The van der Waals surface area contributed by atoms with Gasteiger partial charge in [-0.05, 0) is 91.0 Å². The van der Waals surface area contributed by atoms with Crippen LogP contribution in [0.15, 0.2) is 60.7 Å². The Hall–Kier alpha value is -2.89. The Morgan fingerprint density at radius 3 is 2.14 bits per heavy atom. The molecule has 2 aliphatic heterocycles. The number of nitrogens with zero attached hydrogens (tertiary/aromatic N) is 2. The number of hydrogen-bond acceptors (Lipinski definition) is 4. The number of carbonyl (C=O) groups is 1. The molecule has 2 heterocycles. The van der Waals surface area contributed by atoms with Gasteiger partial charge in [-0.1, -0.05) is 36.8 Å². The van der Waals surface area contributed by atoms with Crippen LogP contribution in [-0.2, 0) is 13.1 Å². The highest BCUT2D eigenvalue weighted by atomic mass is 16.5. The highest BCUT2D eigenvalue weighted by molar-refractivity contribution is 5.94. The number of fused-ring (bicyclic) bond motifs is 1. The summed E-state index contributed by atoms with van der Waals surface area (Å²) in [6.45, 7) is 6.48. The van der Waals surface area contributed by atoms with Crippen LogP contribution in [0.5, 0.6) is 5.75 Å². The van der Waals surface area contributed by atoms with Gasteiger partial charge in [-0.15, -0.1) is 0 Å². The van der Waals surface area contributed by atoms with E-state index < -0.39 is 0 Å². The van der Waals surface area contributed by atoms with Gasteiger partial charge in [0.25, 0.3) is 5.91 Å². The Morgan fingerprint density at radius 1 is 0.829 bits per heavy atom. The summed E-state index contributed by atoms with van der Waals surface area (Å²) in [6.07, 6.45) is 5.99. The maximum Gasteiger partial charge on any atom is 0.251 e. The minimum atomic E-state index is -0.0164. The van der Waals surface area contributed by atoms with Gasteiger partial charge in [0.05, 0.1) is 7.11 Å². The van der Waals surface area contributed by atoms with Gasteiger partial charge in [0.2, 0.25) is 0 Å². The number of carbonyl (C=O) groups excluding carboxylic acids is 1. The molecule has 5 nitrogen and oxygen atoms in total. The van der Waals surface area contributed by atoms with E-state index in [1.165, 1.54) is 54.3 Å². The second-order valence-corrected chi connectivity index (χ2v) is 10.1. The summed E-state index contributed by atoms with van der Waals surface area (Å²) in [4.78, 5) is 17.7. The summed E-state index contributed by atoms with van der Waals surface area (Å²) >= 11 is 0. The first-order chi connectivity index (χ1) is 17.2. The number of methoxy groups -OCH3 is 1. The van der Waals surface area contributed by atoms with Gasteiger partial charge in [-0.2, -0.15) is 0 Å². The summed E-state index contributed by atoms with van der Waals surface area (Å²) in [5.74, 6) is 0.693. The number of hydrogen-bond donors (Lipinski definition) is 1. The van der Waals surface area contributed by atoms with Gasteiger partial charge in [-0.3, -0.25) is 14.6 Å². The first kappa shape index (κ1) is 23.8. The lowest BCUT2D eigenvalue weighted by Gasteiger charge is -2.32. The SMILES string of the molecule is COc1cccc(C(=O)NC2CCN(Cc3ccc4ccc(CN5CCCCC5)cc4c3)CC2)c1. The molecule has 184 valence electrons. The Labute approximate surface area is 209 Å². The van der Waals surface area contributed by atoms with Gasteiger partial charge >= 0.3 is 0 Å². The number of likely N-dealkylation sites (tertiary alicyclic amines) is 2. The Bertz CT molecular complexity index is 1150. The zero-order valence-electron chi connectivity index (χ0n) is 20.8. The van der Waals surface area contributed by atoms with Crippen LogP contribution in [0.25, 0.3) is 10.8 Å². The summed E-state index contributed by atoms with van der Waals surface area (Å²) in [5, 5.41) is 5.87. The molecule has 0 atom stereocenters. The average Bonchev–Trinajstić information content (AvgIpc) is 2.90. The van der Waals surface area contributed by atoms with Crippen LogP contribution in [0.1, 0.15) is 53.6 Å². The molecular formula is C30H37N3O2. The first-order valence-corrected chi connectivity index (χ1v) is 13.1. The Morgan fingerprint density at radius 2 is 1.49 bits per heavy atom. The summed E-state index contributed by atoms with van der Waals surface area (Å²) in [7, 11) is 1.62. The second kappa shape index (κ2) is 11.2. The number of amides is 1. The van der Waals surface area contributed by atoms with E-state index >= 15 is 0 Å². The maximum atomic E-state index is 12.6. The van der Waals surface area contributed by atoms with Crippen LogP contribution in [0.2, 0.25) is 0 Å². The third-order valence-electron chi connectivity index (χ3n) is 7.48. The third kappa shape index (κ3) is 6.22. The molecule has 3 aromatic rings. The molecule has 0 bridgehead atoms. The second-order valence-electron chi connectivity index (χ2n) is 10.1. The molecule has 0 aromatic heterocycles. The van der Waals surface area contributed by atoms with Gasteiger partial charge in [-0.25, -0.2) is 0 Å². The van der Waals surface area contributed by atoms with Crippen LogP contribution < -0.4 is 10.1 Å². The van der Waals surface area contributed by atoms with Crippen LogP contribution in [-0.4, -0.2) is 55.0 Å². The molecule has 3 aromatic carbocycles. The van der Waals surface area contributed by atoms with Crippen molar-refractivity contribution in [2.45, 2.75) is 51.2 Å². The van der Waals surface area contributed by atoms with Crippen molar-refractivity contribution in [3.05, 3.63) is 77.4 Å². The van der Waals surface area contributed by atoms with E-state index in [1.807, 2.05) is 18.2 Å². The van der Waals surface area contributed by atoms with E-state index in [1.54, 1.807) is 13.2 Å². The fraction of sp³-hybridized carbons (Fsp3) is 0.433. The molecule has 5 heteroatoms. The quantitative estimate of drug-likeness (QED) is 0.513. The van der Waals surface area contributed by atoms with E-state index in [0.717, 1.165) is 39.0 Å². The lowest BCUT2D eigenvalue weighted by molar-refractivity contribution is 0.0908. The van der Waals surface area contributed by atoms with Crippen molar-refractivity contribution in [2.24, 2.45) is 0 Å². The fourth-order valence-electron chi connectivity index (χ4n) is 5.44. The predicted molar refractivity (Wildman–Crippen MR) is 142 cm³/mol. The standard InChI is InChI=1S/C30H37N3O2/c1-35-29-7-5-6-26(20-29)30(34)31-28-12-16-33(17-13-28)22-24-9-11-25-10-8-23(18-27(25)19-24)21-32-14-3-2-4-15-32/h5-11,18-20,28H,2-4,12-17,21-22H2,1H3,(H,31,34). The molecule has 2 aliphatic rings. The van der Waals surface area contributed by atoms with Crippen LogP contribution in [0, 0.1) is 0 Å². The van der Waals surface area contributed by atoms with Gasteiger partial charge in [0.1, 0.15) is 5.75 Å². The normalized spacial score (nSPS) is 18.0. The molecule has 0 radical (unpaired) electrons. The lowest BCUT2D eigenvalue weighted by Crippen LogP contribution is -2.44. The van der Waals surface area contributed by atoms with Crippen molar-refractivity contribution in [1.29, 1.82) is 0 Å². The summed E-state index contributed by atoms with van der Waals surface area (Å²) < 4.78 is 5.24. The molecule has 0 aliphatic carbocycles. The van der Waals surface area contributed by atoms with E-state index in [4.69, 9.17) is 4.74 Å². The monoisotopic (exact) mass is 471 g/mol. The molecule has 1 amide bonds. The van der Waals surface area contributed by atoms with Crippen LogP contribution >= 0.6 is 0 Å². The van der Waals surface area contributed by atoms with E-state index in [-0.39, 0.29) is 11.9 Å². The zero-order valence-corrected chi connectivity index (χ0v) is 20.8. The molecule has 0 spiro atoms. The molecule has 2 saturated heterocycles. The van der Waals surface area contributed by atoms with E-state index in [0.29, 0.717) is 11.3 Å². The fourth-order valence-corrected chi connectivity index (χ4v) is 5.44. The minimum absolute atomic E-state index is 0.0164. The molecule has 2 fully saturated rings. The largest absolute Gasteiger partial charge is 0.497 e. The van der Waals surface area contributed by atoms with Gasteiger partial charge in [0.15, 0.2) is 0 Å². The minimum Gasteiger partial charge on any atom is -0.497 e. The topological polar surface area (TPSA) is 44.8 Å². The number of rotatable bonds is 7. The van der Waals surface area contributed by atoms with Crippen LogP contribution in [0.3, 0.4) is 0 Å². The average molecular weight is 472 g/mol. The molecule has 5 rings (SSSR count). The number of nitrogens with one attached hydrogen (secondary N) is 1. The molecule has 0 saturated carbocycles. The third-order valence-corrected chi connectivity index (χ3v) is 7.48. The smallest absolute Gasteiger partial charge is 0.251 e. The molecule has 1 N–H and O–H groups in total. The van der Waals surface area contributed by atoms with E-state index in [9.17, 15) is 4.79 Å². The van der Waals surface area contributed by atoms with Crippen molar-refractivity contribution in [2.75, 3.05) is 33.3 Å². The van der Waals surface area contributed by atoms with Crippen molar-refractivity contribution in [3.8, 4) is 5.75 Å². The number of benzene rings is 3. The number of piperidine rings is 2. The molecular weight excluding hydrogens is 434 g/mol. The van der Waals surface area contributed by atoms with Crippen LogP contribution in [0.4, 0.5) is 0 Å². The lowest BCUT2D eigenvalue weighted by atomic mass is 10.0. The first-order valence-electron chi connectivity index (χ1n) is 13.1. The van der Waals surface area contributed by atoms with E-state index in [2.05, 4.69) is 51.5 Å². The van der Waals surface area contributed by atoms with Crippen molar-refractivity contribution in [1.82, 2.24) is 15.1 Å². The Kier molecular flexibility index (Phi) is 7.65. The molecule has 0 unspecified atom stereocenters. The van der Waals surface area contributed by atoms with Crippen molar-refractivity contribution < 1.29 is 9.53 Å². The van der Waals surface area contributed by atoms with Gasteiger partial charge < -0.3 is 10.1 Å². The number of ether oxygens (including phenoxy) is 1. The highest BCUT2D eigenvalue weighted by Gasteiger charge is 2.21. The van der Waals surface area contributed by atoms with Crippen molar-refractivity contribution >= 4 is 16.7 Å². The van der Waals surface area contributed by atoms with Crippen molar-refractivity contribution in [3.63, 3.8) is 0 Å². The Balaban J connectivity index is 1.15. The maximum absolute atomic E-state index is 12.6. The zero-order chi connectivity index (χ0) is 24.0. The molecule has 35 heavy (non-hydrogen) atoms. The summed E-state index contributed by atoms with van der Waals surface area (Å²) in [5.41, 5.74) is 3.44.